The lowest BCUT2D eigenvalue weighted by molar-refractivity contribution is 0.0888. The van der Waals surface area contributed by atoms with Crippen LogP contribution in [-0.4, -0.2) is 52.0 Å². The van der Waals surface area contributed by atoms with Crippen LogP contribution < -0.4 is 10.6 Å². The van der Waals surface area contributed by atoms with Gasteiger partial charge in [0.15, 0.2) is 5.96 Å². The first-order valence-corrected chi connectivity index (χ1v) is 9.52. The van der Waals surface area contributed by atoms with Crippen LogP contribution in [0.4, 0.5) is 0 Å². The molecule has 1 aromatic rings. The number of rotatable bonds is 8. The number of nitrogens with zero attached hydrogens (tertiary/aromatic N) is 1. The minimum Gasteiger partial charge on any atom is -0.381 e. The molecule has 2 aliphatic rings. The molecular weight excluding hydrogens is 314 g/mol. The summed E-state index contributed by atoms with van der Waals surface area (Å²) in [7, 11) is 1.83. The van der Waals surface area contributed by atoms with E-state index in [9.17, 15) is 0 Å². The smallest absolute Gasteiger partial charge is 0.191 e. The van der Waals surface area contributed by atoms with Crippen molar-refractivity contribution in [3.63, 3.8) is 0 Å². The molecule has 3 rings (SSSR count). The van der Waals surface area contributed by atoms with Crippen LogP contribution in [0.25, 0.3) is 0 Å². The summed E-state index contributed by atoms with van der Waals surface area (Å²) >= 11 is 0. The summed E-state index contributed by atoms with van der Waals surface area (Å²) in [6.07, 6.45) is 4.49. The molecule has 2 N–H and O–H groups in total. The summed E-state index contributed by atoms with van der Waals surface area (Å²) in [4.78, 5) is 4.33. The number of ether oxygens (including phenoxy) is 2. The Labute approximate surface area is 151 Å². The molecule has 1 saturated heterocycles. The summed E-state index contributed by atoms with van der Waals surface area (Å²) < 4.78 is 11.1. The number of guanidine groups is 1. The molecule has 0 spiro atoms. The average Bonchev–Trinajstić information content (AvgIpc) is 3.13. The number of nitrogens with one attached hydrogen (secondary N) is 2. The molecule has 1 aliphatic heterocycles. The van der Waals surface area contributed by atoms with E-state index >= 15 is 0 Å². The van der Waals surface area contributed by atoms with Crippen LogP contribution in [0, 0.1) is 5.92 Å². The lowest BCUT2D eigenvalue weighted by Gasteiger charge is -2.37. The minimum absolute atomic E-state index is 0.523. The van der Waals surface area contributed by atoms with Crippen molar-refractivity contribution in [3.05, 3.63) is 35.9 Å². The van der Waals surface area contributed by atoms with Gasteiger partial charge < -0.3 is 20.1 Å². The van der Waals surface area contributed by atoms with Crippen molar-refractivity contribution >= 4 is 5.96 Å². The van der Waals surface area contributed by atoms with Crippen LogP contribution in [0.1, 0.15) is 37.2 Å². The monoisotopic (exact) mass is 345 g/mol. The highest BCUT2D eigenvalue weighted by molar-refractivity contribution is 5.80. The van der Waals surface area contributed by atoms with E-state index in [-0.39, 0.29) is 0 Å². The van der Waals surface area contributed by atoms with Crippen molar-refractivity contribution < 1.29 is 9.47 Å². The molecule has 5 nitrogen and oxygen atoms in total. The zero-order valence-corrected chi connectivity index (χ0v) is 15.2. The number of hydrogen-bond donors (Lipinski definition) is 2. The maximum absolute atomic E-state index is 5.73. The summed E-state index contributed by atoms with van der Waals surface area (Å²) in [5.74, 6) is 2.18. The molecule has 0 aromatic heterocycles. The van der Waals surface area contributed by atoms with Crippen molar-refractivity contribution in [2.24, 2.45) is 10.9 Å². The van der Waals surface area contributed by atoms with Gasteiger partial charge in [0.2, 0.25) is 0 Å². The van der Waals surface area contributed by atoms with E-state index < -0.39 is 0 Å². The van der Waals surface area contributed by atoms with Crippen LogP contribution in [0.3, 0.4) is 0 Å². The van der Waals surface area contributed by atoms with Gasteiger partial charge in [-0.05, 0) is 37.2 Å². The number of benzene rings is 1. The van der Waals surface area contributed by atoms with Gasteiger partial charge in [-0.15, -0.1) is 0 Å². The molecule has 5 heteroatoms. The van der Waals surface area contributed by atoms with Crippen molar-refractivity contribution in [2.45, 2.75) is 37.6 Å². The van der Waals surface area contributed by atoms with Gasteiger partial charge in [-0.2, -0.15) is 0 Å². The Morgan fingerprint density at radius 2 is 2.12 bits per heavy atom. The van der Waals surface area contributed by atoms with Crippen LogP contribution in [0.2, 0.25) is 0 Å². The van der Waals surface area contributed by atoms with Crippen LogP contribution in [0.5, 0.6) is 0 Å². The third-order valence-electron chi connectivity index (χ3n) is 5.11. The van der Waals surface area contributed by atoms with E-state index in [0.29, 0.717) is 17.9 Å². The van der Waals surface area contributed by atoms with E-state index in [4.69, 9.17) is 9.47 Å². The first-order chi connectivity index (χ1) is 12.3. The maximum Gasteiger partial charge on any atom is 0.191 e. The predicted molar refractivity (Wildman–Crippen MR) is 101 cm³/mol. The van der Waals surface area contributed by atoms with Gasteiger partial charge >= 0.3 is 0 Å². The second-order valence-corrected chi connectivity index (χ2v) is 7.08. The molecule has 1 heterocycles. The van der Waals surface area contributed by atoms with Crippen molar-refractivity contribution in [1.82, 2.24) is 10.6 Å². The minimum atomic E-state index is 0.523. The average molecular weight is 345 g/mol. The Morgan fingerprint density at radius 3 is 2.84 bits per heavy atom. The fourth-order valence-electron chi connectivity index (χ4n) is 3.47. The van der Waals surface area contributed by atoms with Gasteiger partial charge in [-0.25, -0.2) is 0 Å². The van der Waals surface area contributed by atoms with Crippen LogP contribution in [-0.2, 0) is 9.47 Å². The van der Waals surface area contributed by atoms with E-state index in [1.807, 2.05) is 7.05 Å². The van der Waals surface area contributed by atoms with E-state index in [1.165, 1.54) is 18.4 Å². The van der Waals surface area contributed by atoms with Gasteiger partial charge in [0.05, 0.1) is 13.2 Å². The molecule has 0 unspecified atom stereocenters. The highest BCUT2D eigenvalue weighted by Crippen LogP contribution is 2.36. The van der Waals surface area contributed by atoms with E-state index in [1.54, 1.807) is 0 Å². The number of hydrogen-bond acceptors (Lipinski definition) is 3. The lowest BCUT2D eigenvalue weighted by atomic mass is 9.76. The normalized spacial score (nSPS) is 26.3. The quantitative estimate of drug-likeness (QED) is 0.432. The molecule has 0 radical (unpaired) electrons. The van der Waals surface area contributed by atoms with E-state index in [0.717, 1.165) is 51.8 Å². The molecular formula is C20H31N3O2. The molecule has 138 valence electrons. The topological polar surface area (TPSA) is 54.9 Å². The molecule has 0 amide bonds. The molecule has 1 saturated carbocycles. The third-order valence-corrected chi connectivity index (χ3v) is 5.11. The van der Waals surface area contributed by atoms with Gasteiger partial charge in [0.25, 0.3) is 0 Å². The summed E-state index contributed by atoms with van der Waals surface area (Å²) in [5, 5.41) is 6.91. The van der Waals surface area contributed by atoms with Gasteiger partial charge in [0.1, 0.15) is 0 Å². The molecule has 25 heavy (non-hydrogen) atoms. The Hall–Kier alpha value is -1.59. The Balaban J connectivity index is 1.24. The molecule has 2 fully saturated rings. The first-order valence-electron chi connectivity index (χ1n) is 9.52. The number of aliphatic imine (C=N–C) groups is 1. The highest BCUT2D eigenvalue weighted by atomic mass is 16.5. The van der Waals surface area contributed by atoms with Gasteiger partial charge in [-0.1, -0.05) is 30.3 Å². The third kappa shape index (κ3) is 5.72. The molecule has 1 aliphatic carbocycles. The van der Waals surface area contributed by atoms with Crippen molar-refractivity contribution in [2.75, 3.05) is 40.0 Å². The fraction of sp³-hybridized carbons (Fsp3) is 0.650. The standard InChI is InChI=1S/C20H31N3O2/c1-21-20(22-9-5-10-24-14-16-8-11-25-15-16)23-19-12-18(13-19)17-6-3-2-4-7-17/h2-4,6-7,16,18-19H,5,8-15H2,1H3,(H2,21,22,23)/t16-,18?,19?/m0/s1. The Morgan fingerprint density at radius 1 is 1.28 bits per heavy atom. The summed E-state index contributed by atoms with van der Waals surface area (Å²) in [5.41, 5.74) is 1.45. The fourth-order valence-corrected chi connectivity index (χ4v) is 3.47. The molecule has 1 atom stereocenters. The van der Waals surface area contributed by atoms with Gasteiger partial charge in [-0.3, -0.25) is 4.99 Å². The second-order valence-electron chi connectivity index (χ2n) is 7.08. The molecule has 1 aromatic carbocycles. The molecule has 0 bridgehead atoms. The largest absolute Gasteiger partial charge is 0.381 e. The second kappa shape index (κ2) is 9.78. The Bertz CT molecular complexity index is 523. The predicted octanol–water partition coefficient (Wildman–Crippen LogP) is 2.54. The van der Waals surface area contributed by atoms with E-state index in [2.05, 4.69) is 46.0 Å². The zero-order chi connectivity index (χ0) is 17.3. The highest BCUT2D eigenvalue weighted by Gasteiger charge is 2.30. The zero-order valence-electron chi connectivity index (χ0n) is 15.2. The summed E-state index contributed by atoms with van der Waals surface area (Å²) in [6.45, 7) is 4.26. The Kier molecular flexibility index (Phi) is 7.12. The maximum atomic E-state index is 5.73. The van der Waals surface area contributed by atoms with Gasteiger partial charge in [0, 0.05) is 38.8 Å². The lowest BCUT2D eigenvalue weighted by Crippen LogP contribution is -2.48. The van der Waals surface area contributed by atoms with Crippen molar-refractivity contribution in [1.29, 1.82) is 0 Å². The van der Waals surface area contributed by atoms with Crippen LogP contribution >= 0.6 is 0 Å². The SMILES string of the molecule is CN=C(NCCCOC[C@@H]1CCOC1)NC1CC(c2ccccc2)C1. The van der Waals surface area contributed by atoms with Crippen LogP contribution in [0.15, 0.2) is 35.3 Å². The summed E-state index contributed by atoms with van der Waals surface area (Å²) in [6, 6.07) is 11.3. The van der Waals surface area contributed by atoms with Crippen molar-refractivity contribution in [3.8, 4) is 0 Å². The first kappa shape index (κ1) is 18.2.